The first-order valence-corrected chi connectivity index (χ1v) is 3.99. The molecule has 0 saturated heterocycles. The van der Waals surface area contributed by atoms with Crippen LogP contribution >= 0.6 is 7.82 Å². The van der Waals surface area contributed by atoms with Crippen molar-refractivity contribution in [3.63, 3.8) is 0 Å². The summed E-state index contributed by atoms with van der Waals surface area (Å²) in [5.41, 5.74) is 0. The van der Waals surface area contributed by atoms with E-state index in [1.807, 2.05) is 0 Å². The van der Waals surface area contributed by atoms with Gasteiger partial charge >= 0.3 is 37.4 Å². The fourth-order valence-corrected chi connectivity index (χ4v) is 0.815. The second-order valence-corrected chi connectivity index (χ2v) is 2.73. The summed E-state index contributed by atoms with van der Waals surface area (Å²) in [4.78, 5) is 8.64. The van der Waals surface area contributed by atoms with E-state index in [4.69, 9.17) is 4.89 Å². The Hall–Kier alpha value is 0.430. The van der Waals surface area contributed by atoms with Gasteiger partial charge in [0.1, 0.15) is 0 Å². The average molecular weight is 188 g/mol. The van der Waals surface area contributed by atoms with Crippen molar-refractivity contribution in [3.05, 3.63) is 25.5 Å². The zero-order valence-electron chi connectivity index (χ0n) is 5.40. The number of hydrogen-bond donors (Lipinski definition) is 1. The summed E-state index contributed by atoms with van der Waals surface area (Å²) in [6.07, 6.45) is 2.19. The topological polar surface area (TPSA) is 55.8 Å². The fourth-order valence-electron chi connectivity index (χ4n) is 0.272. The Morgan fingerprint density at radius 1 is 1.55 bits per heavy atom. The fraction of sp³-hybridized carbons (Fsp3) is 0.200. The van der Waals surface area contributed by atoms with Gasteiger partial charge in [0.15, 0.2) is 0 Å². The van der Waals surface area contributed by atoms with Crippen LogP contribution in [0.5, 0.6) is 0 Å². The third-order valence-electron chi connectivity index (χ3n) is 0.563. The number of phosphoric ester groups is 1. The van der Waals surface area contributed by atoms with E-state index in [1.165, 1.54) is 6.08 Å². The van der Waals surface area contributed by atoms with E-state index < -0.39 is 7.82 Å². The third kappa shape index (κ3) is 8.34. The summed E-state index contributed by atoms with van der Waals surface area (Å²) in [5, 5.41) is 0. The molecule has 0 amide bonds. The molecular formula is C5H10NaO4P. The van der Waals surface area contributed by atoms with Crippen LogP contribution in [0, 0.1) is 0 Å². The maximum absolute atomic E-state index is 10.6. The molecule has 0 aromatic carbocycles. The summed E-state index contributed by atoms with van der Waals surface area (Å²) in [7, 11) is -3.90. The maximum atomic E-state index is 10.6. The van der Waals surface area contributed by atoms with Crippen molar-refractivity contribution in [2.75, 3.05) is 6.61 Å². The van der Waals surface area contributed by atoms with E-state index in [-0.39, 0.29) is 36.2 Å². The normalized spacial score (nSPS) is 13.9. The van der Waals surface area contributed by atoms with E-state index in [0.29, 0.717) is 0 Å². The Balaban J connectivity index is 0. The van der Waals surface area contributed by atoms with Crippen molar-refractivity contribution >= 4 is 37.4 Å². The van der Waals surface area contributed by atoms with E-state index in [0.717, 1.165) is 6.26 Å². The minimum absolute atomic E-state index is 0. The second kappa shape index (κ2) is 7.10. The van der Waals surface area contributed by atoms with Crippen LogP contribution < -0.4 is 0 Å². The molecule has 0 saturated carbocycles. The number of phosphoric acid groups is 1. The van der Waals surface area contributed by atoms with Crippen LogP contribution in [-0.4, -0.2) is 41.1 Å². The zero-order chi connectivity index (χ0) is 8.04. The summed E-state index contributed by atoms with van der Waals surface area (Å²) in [5.74, 6) is 0. The van der Waals surface area contributed by atoms with E-state index in [2.05, 4.69) is 22.2 Å². The van der Waals surface area contributed by atoms with Gasteiger partial charge in [-0.25, -0.2) is 4.57 Å². The standard InChI is InChI=1S/C5H9O4P.Na.H/c1-3-5-9-10(6,7)8-4-2;;/h3-4H,1-2,5H2,(H,6,7);;. The molecule has 0 radical (unpaired) electrons. The molecule has 0 fully saturated rings. The van der Waals surface area contributed by atoms with E-state index in [9.17, 15) is 4.57 Å². The van der Waals surface area contributed by atoms with Crippen molar-refractivity contribution < 1.29 is 18.5 Å². The van der Waals surface area contributed by atoms with Crippen LogP contribution in [0.2, 0.25) is 0 Å². The van der Waals surface area contributed by atoms with Crippen LogP contribution in [-0.2, 0) is 13.6 Å². The molecule has 0 rings (SSSR count). The van der Waals surface area contributed by atoms with Gasteiger partial charge in [-0.3, -0.25) is 9.42 Å². The number of rotatable bonds is 5. The molecule has 4 nitrogen and oxygen atoms in total. The Kier molecular flexibility index (Phi) is 9.02. The molecule has 60 valence electrons. The molecule has 1 N–H and O–H groups in total. The van der Waals surface area contributed by atoms with Crippen LogP contribution in [0.4, 0.5) is 0 Å². The van der Waals surface area contributed by atoms with Gasteiger partial charge in [-0.05, 0) is 0 Å². The summed E-state index contributed by atoms with van der Waals surface area (Å²) in [6, 6.07) is 0. The number of hydrogen-bond acceptors (Lipinski definition) is 3. The summed E-state index contributed by atoms with van der Waals surface area (Å²) >= 11 is 0. The van der Waals surface area contributed by atoms with E-state index in [1.54, 1.807) is 0 Å². The van der Waals surface area contributed by atoms with Crippen LogP contribution in [0.25, 0.3) is 0 Å². The zero-order valence-corrected chi connectivity index (χ0v) is 6.29. The van der Waals surface area contributed by atoms with E-state index >= 15 is 0 Å². The van der Waals surface area contributed by atoms with Gasteiger partial charge < -0.3 is 4.52 Å². The van der Waals surface area contributed by atoms with Crippen LogP contribution in [0.15, 0.2) is 25.5 Å². The Labute approximate surface area is 87.8 Å². The van der Waals surface area contributed by atoms with Gasteiger partial charge in [-0.2, -0.15) is 0 Å². The van der Waals surface area contributed by atoms with Gasteiger partial charge in [0.25, 0.3) is 0 Å². The average Bonchev–Trinajstić information content (AvgIpc) is 1.84. The first-order chi connectivity index (χ1) is 4.62. The molecule has 0 aliphatic heterocycles. The Bertz CT molecular complexity index is 170. The van der Waals surface area contributed by atoms with Gasteiger partial charge in [0.2, 0.25) is 0 Å². The minimum atomic E-state index is -3.90. The monoisotopic (exact) mass is 188 g/mol. The van der Waals surface area contributed by atoms with Crippen molar-refractivity contribution in [1.82, 2.24) is 0 Å². The molecule has 11 heavy (non-hydrogen) atoms. The first kappa shape index (κ1) is 14.0. The molecule has 1 unspecified atom stereocenters. The van der Waals surface area contributed by atoms with Crippen LogP contribution in [0.3, 0.4) is 0 Å². The van der Waals surface area contributed by atoms with Crippen molar-refractivity contribution in [1.29, 1.82) is 0 Å². The molecule has 0 aliphatic carbocycles. The first-order valence-electron chi connectivity index (χ1n) is 2.50. The molecule has 0 aromatic heterocycles. The van der Waals surface area contributed by atoms with Gasteiger partial charge in [-0.1, -0.05) is 12.7 Å². The molecule has 0 aromatic rings. The molecule has 6 heteroatoms. The Morgan fingerprint density at radius 3 is 2.45 bits per heavy atom. The molecule has 0 aliphatic rings. The second-order valence-electron chi connectivity index (χ2n) is 1.33. The van der Waals surface area contributed by atoms with Crippen molar-refractivity contribution in [2.45, 2.75) is 0 Å². The predicted octanol–water partition coefficient (Wildman–Crippen LogP) is 0.801. The third-order valence-corrected chi connectivity index (χ3v) is 1.45. The van der Waals surface area contributed by atoms with Crippen molar-refractivity contribution in [3.8, 4) is 0 Å². The quantitative estimate of drug-likeness (QED) is 0.300. The Morgan fingerprint density at radius 2 is 2.09 bits per heavy atom. The SMILES string of the molecule is C=CCOP(=O)(O)OC=C.[NaH]. The predicted molar refractivity (Wildman–Crippen MR) is 44.4 cm³/mol. The molecule has 0 bridgehead atoms. The molecule has 0 spiro atoms. The summed E-state index contributed by atoms with van der Waals surface area (Å²) < 4.78 is 19.0. The van der Waals surface area contributed by atoms with Crippen molar-refractivity contribution in [2.24, 2.45) is 0 Å². The molecule has 1 atom stereocenters. The summed E-state index contributed by atoms with van der Waals surface area (Å²) in [6.45, 7) is 6.35. The van der Waals surface area contributed by atoms with Gasteiger partial charge in [0, 0.05) is 0 Å². The van der Waals surface area contributed by atoms with Crippen LogP contribution in [0.1, 0.15) is 0 Å². The van der Waals surface area contributed by atoms with Gasteiger partial charge in [-0.15, -0.1) is 6.58 Å². The molecule has 0 heterocycles. The molecular weight excluding hydrogens is 178 g/mol. The van der Waals surface area contributed by atoms with Gasteiger partial charge in [0.05, 0.1) is 12.9 Å².